The van der Waals surface area contributed by atoms with E-state index in [0.717, 1.165) is 29.0 Å². The predicted octanol–water partition coefficient (Wildman–Crippen LogP) is 3.82. The van der Waals surface area contributed by atoms with E-state index in [1.165, 1.54) is 19.3 Å². The second-order valence-corrected chi connectivity index (χ2v) is 7.20. The fourth-order valence-corrected chi connectivity index (χ4v) is 3.57. The molecule has 2 N–H and O–H groups in total. The van der Waals surface area contributed by atoms with Crippen LogP contribution < -0.4 is 10.1 Å². The van der Waals surface area contributed by atoms with E-state index in [9.17, 15) is 20.0 Å². The number of hydrogen-bond acceptors (Lipinski definition) is 7. The van der Waals surface area contributed by atoms with Crippen molar-refractivity contribution in [2.75, 3.05) is 7.11 Å². The quantitative estimate of drug-likeness (QED) is 0.459. The number of ether oxygens (including phenoxy) is 1. The van der Waals surface area contributed by atoms with Crippen LogP contribution in [0.25, 0.3) is 6.08 Å². The number of nitro groups is 1. The molecule has 2 aromatic carbocycles. The van der Waals surface area contributed by atoms with Gasteiger partial charge in [-0.25, -0.2) is 4.99 Å². The van der Waals surface area contributed by atoms with Crippen molar-refractivity contribution in [3.8, 4) is 11.5 Å². The van der Waals surface area contributed by atoms with E-state index in [4.69, 9.17) is 4.74 Å². The van der Waals surface area contributed by atoms with Gasteiger partial charge in [0, 0.05) is 11.6 Å². The number of hydrogen-bond donors (Lipinski definition) is 2. The number of thioether (sulfide) groups is 1. The Hall–Kier alpha value is -3.33. The molecule has 0 unspecified atom stereocenters. The molecule has 144 valence electrons. The summed E-state index contributed by atoms with van der Waals surface area (Å²) >= 11 is 1.09. The Morgan fingerprint density at radius 1 is 1.21 bits per heavy atom. The first-order valence-corrected chi connectivity index (χ1v) is 9.01. The molecule has 0 aromatic heterocycles. The first-order chi connectivity index (χ1) is 13.3. The van der Waals surface area contributed by atoms with Crippen LogP contribution in [0.1, 0.15) is 16.7 Å². The molecule has 8 nitrogen and oxygen atoms in total. The summed E-state index contributed by atoms with van der Waals surface area (Å²) in [6.07, 6.45) is 1.37. The van der Waals surface area contributed by atoms with E-state index >= 15 is 0 Å². The fourth-order valence-electron chi connectivity index (χ4n) is 2.74. The molecular weight excluding hydrogens is 382 g/mol. The molecule has 3 rings (SSSR count). The highest BCUT2D eigenvalue weighted by atomic mass is 32.2. The summed E-state index contributed by atoms with van der Waals surface area (Å²) in [5.74, 6) is -0.736. The molecule has 0 radical (unpaired) electrons. The Bertz CT molecular complexity index is 1030. The van der Waals surface area contributed by atoms with Gasteiger partial charge < -0.3 is 15.2 Å². The second kappa shape index (κ2) is 7.73. The molecule has 0 saturated carbocycles. The third-order valence-electron chi connectivity index (χ3n) is 3.89. The molecule has 1 aliphatic heterocycles. The lowest BCUT2D eigenvalue weighted by molar-refractivity contribution is -0.385. The largest absolute Gasteiger partial charge is 0.504 e. The van der Waals surface area contributed by atoms with Crippen molar-refractivity contribution in [3.05, 3.63) is 62.0 Å². The predicted molar refractivity (Wildman–Crippen MR) is 108 cm³/mol. The van der Waals surface area contributed by atoms with Crippen LogP contribution in [0.5, 0.6) is 11.5 Å². The third-order valence-corrected chi connectivity index (χ3v) is 4.80. The van der Waals surface area contributed by atoms with Crippen molar-refractivity contribution in [2.45, 2.75) is 13.8 Å². The highest BCUT2D eigenvalue weighted by Gasteiger charge is 2.25. The molecular formula is C19H17N3O5S. The summed E-state index contributed by atoms with van der Waals surface area (Å²) in [7, 11) is 1.29. The lowest BCUT2D eigenvalue weighted by Crippen LogP contribution is -2.19. The Labute approximate surface area is 165 Å². The SMILES string of the molecule is COc1cc([N+](=O)[O-])cc(/C=C2/SC(=Nc3cc(C)cc(C)c3)NC2=O)c1O. The molecule has 0 atom stereocenters. The lowest BCUT2D eigenvalue weighted by atomic mass is 10.1. The van der Waals surface area contributed by atoms with E-state index in [0.29, 0.717) is 10.9 Å². The molecule has 0 aliphatic carbocycles. The maximum Gasteiger partial charge on any atom is 0.274 e. The summed E-state index contributed by atoms with van der Waals surface area (Å²) in [5.41, 5.74) is 2.67. The van der Waals surface area contributed by atoms with Crippen LogP contribution in [0, 0.1) is 24.0 Å². The van der Waals surface area contributed by atoms with Gasteiger partial charge in [-0.15, -0.1) is 0 Å². The topological polar surface area (TPSA) is 114 Å². The summed E-state index contributed by atoms with van der Waals surface area (Å²) in [5, 5.41) is 24.4. The number of benzene rings is 2. The zero-order valence-electron chi connectivity index (χ0n) is 15.3. The number of carbonyl (C=O) groups is 1. The molecule has 2 aromatic rings. The van der Waals surface area contributed by atoms with Gasteiger partial charge in [0.15, 0.2) is 16.7 Å². The number of nitrogens with one attached hydrogen (secondary N) is 1. The van der Waals surface area contributed by atoms with Gasteiger partial charge >= 0.3 is 0 Å². The van der Waals surface area contributed by atoms with E-state index in [1.807, 2.05) is 32.0 Å². The van der Waals surface area contributed by atoms with Crippen LogP contribution in [0.4, 0.5) is 11.4 Å². The first kappa shape index (κ1) is 19.4. The number of amidine groups is 1. The van der Waals surface area contributed by atoms with Crippen LogP contribution in [0.15, 0.2) is 40.2 Å². The van der Waals surface area contributed by atoms with Crippen molar-refractivity contribution < 1.29 is 19.6 Å². The van der Waals surface area contributed by atoms with Gasteiger partial charge in [-0.1, -0.05) is 6.07 Å². The summed E-state index contributed by atoms with van der Waals surface area (Å²) in [6, 6.07) is 8.11. The third kappa shape index (κ3) is 4.15. The first-order valence-electron chi connectivity index (χ1n) is 8.20. The number of phenolic OH excluding ortho intramolecular Hbond substituents is 1. The number of aryl methyl sites for hydroxylation is 2. The molecule has 0 bridgehead atoms. The Morgan fingerprint density at radius 3 is 2.50 bits per heavy atom. The number of rotatable bonds is 4. The fraction of sp³-hybridized carbons (Fsp3) is 0.158. The van der Waals surface area contributed by atoms with E-state index in [-0.39, 0.29) is 27.7 Å². The zero-order chi connectivity index (χ0) is 20.4. The van der Waals surface area contributed by atoms with Crippen molar-refractivity contribution in [1.82, 2.24) is 5.32 Å². The van der Waals surface area contributed by atoms with Gasteiger partial charge in [0.1, 0.15) is 0 Å². The maximum atomic E-state index is 12.3. The summed E-state index contributed by atoms with van der Waals surface area (Å²) in [6.45, 7) is 3.92. The number of carbonyl (C=O) groups excluding carboxylic acids is 1. The van der Waals surface area contributed by atoms with Gasteiger partial charge in [0.25, 0.3) is 11.6 Å². The second-order valence-electron chi connectivity index (χ2n) is 6.17. The van der Waals surface area contributed by atoms with Crippen molar-refractivity contribution in [3.63, 3.8) is 0 Å². The minimum Gasteiger partial charge on any atom is -0.504 e. The van der Waals surface area contributed by atoms with Crippen molar-refractivity contribution in [2.24, 2.45) is 4.99 Å². The van der Waals surface area contributed by atoms with E-state index < -0.39 is 10.8 Å². The van der Waals surface area contributed by atoms with Crippen LogP contribution in [0.3, 0.4) is 0 Å². The number of nitro benzene ring substituents is 1. The van der Waals surface area contributed by atoms with Crippen LogP contribution in [0.2, 0.25) is 0 Å². The van der Waals surface area contributed by atoms with Crippen molar-refractivity contribution in [1.29, 1.82) is 0 Å². The number of non-ortho nitro benzene ring substituents is 1. The number of aliphatic imine (C=N–C) groups is 1. The molecule has 0 spiro atoms. The van der Waals surface area contributed by atoms with Gasteiger partial charge in [0.05, 0.1) is 28.7 Å². The van der Waals surface area contributed by atoms with Gasteiger partial charge in [-0.3, -0.25) is 14.9 Å². The molecule has 1 saturated heterocycles. The van der Waals surface area contributed by atoms with Crippen molar-refractivity contribution >= 4 is 40.3 Å². The van der Waals surface area contributed by atoms with Gasteiger partial charge in [-0.05, 0) is 54.9 Å². The highest BCUT2D eigenvalue weighted by Crippen LogP contribution is 2.38. The van der Waals surface area contributed by atoms with Gasteiger partial charge in [0.2, 0.25) is 0 Å². The smallest absolute Gasteiger partial charge is 0.274 e. The molecule has 1 amide bonds. The number of methoxy groups -OCH3 is 1. The van der Waals surface area contributed by atoms with Crippen LogP contribution >= 0.6 is 11.8 Å². The molecule has 28 heavy (non-hydrogen) atoms. The Kier molecular flexibility index (Phi) is 5.36. The number of nitrogens with zero attached hydrogens (tertiary/aromatic N) is 2. The monoisotopic (exact) mass is 399 g/mol. The average molecular weight is 399 g/mol. The van der Waals surface area contributed by atoms with E-state index in [1.54, 1.807) is 0 Å². The molecule has 1 fully saturated rings. The maximum absolute atomic E-state index is 12.3. The Morgan fingerprint density at radius 2 is 1.89 bits per heavy atom. The normalized spacial score (nSPS) is 16.5. The average Bonchev–Trinajstić information content (AvgIpc) is 2.94. The lowest BCUT2D eigenvalue weighted by Gasteiger charge is -2.06. The zero-order valence-corrected chi connectivity index (χ0v) is 16.2. The number of aromatic hydroxyl groups is 1. The highest BCUT2D eigenvalue weighted by molar-refractivity contribution is 8.18. The molecule has 1 heterocycles. The van der Waals surface area contributed by atoms with E-state index in [2.05, 4.69) is 10.3 Å². The summed E-state index contributed by atoms with van der Waals surface area (Å²) < 4.78 is 4.98. The molecule has 9 heteroatoms. The van der Waals surface area contributed by atoms with Crippen LogP contribution in [-0.4, -0.2) is 28.2 Å². The Balaban J connectivity index is 1.96. The number of amides is 1. The van der Waals surface area contributed by atoms with Crippen LogP contribution in [-0.2, 0) is 4.79 Å². The van der Waals surface area contributed by atoms with Gasteiger partial charge in [-0.2, -0.15) is 0 Å². The minimum absolute atomic E-state index is 0.0476. The standard InChI is InChI=1S/C19H17N3O5S/c1-10-4-11(2)6-13(5-10)20-19-21-18(24)16(28-19)8-12-7-14(22(25)26)9-15(27-3)17(12)23/h4-9,23H,1-3H3,(H,20,21,24)/b16-8+. The summed E-state index contributed by atoms with van der Waals surface area (Å²) in [4.78, 5) is 27.4. The molecule has 1 aliphatic rings. The number of phenols is 1. The minimum atomic E-state index is -0.598.